The Hall–Kier alpha value is -2.37. The fourth-order valence-electron chi connectivity index (χ4n) is 1.56. The second kappa shape index (κ2) is 5.73. The molecule has 6 nitrogen and oxygen atoms in total. The van der Waals surface area contributed by atoms with Gasteiger partial charge in [0.25, 0.3) is 0 Å². The third-order valence-electron chi connectivity index (χ3n) is 2.38. The number of aromatic nitrogens is 2. The van der Waals surface area contributed by atoms with Crippen LogP contribution in [0.5, 0.6) is 0 Å². The van der Waals surface area contributed by atoms with Gasteiger partial charge in [0.1, 0.15) is 0 Å². The van der Waals surface area contributed by atoms with E-state index in [0.717, 1.165) is 5.56 Å². The Morgan fingerprint density at radius 1 is 1.20 bits per heavy atom. The van der Waals surface area contributed by atoms with Crippen LogP contribution in [-0.4, -0.2) is 21.8 Å². The standard InChI is InChI=1S/C14H18N4O2/c1-14(2,3)16-13(19)15-9-11-17-18-12(20-11)10-7-5-4-6-8-10/h4-8H,9H2,1-3H3,(H2,15,16,19). The monoisotopic (exact) mass is 274 g/mol. The van der Waals surface area contributed by atoms with Crippen LogP contribution >= 0.6 is 0 Å². The smallest absolute Gasteiger partial charge is 0.315 e. The van der Waals surface area contributed by atoms with Crippen molar-refractivity contribution in [3.63, 3.8) is 0 Å². The van der Waals surface area contributed by atoms with Crippen molar-refractivity contribution in [3.8, 4) is 11.5 Å². The maximum atomic E-state index is 11.6. The van der Waals surface area contributed by atoms with Crippen LogP contribution in [0, 0.1) is 0 Å². The molecule has 0 aliphatic heterocycles. The van der Waals surface area contributed by atoms with Crippen LogP contribution < -0.4 is 10.6 Å². The van der Waals surface area contributed by atoms with Crippen molar-refractivity contribution >= 4 is 6.03 Å². The Bertz CT molecular complexity index is 572. The molecule has 2 N–H and O–H groups in total. The van der Waals surface area contributed by atoms with Crippen molar-refractivity contribution in [2.45, 2.75) is 32.9 Å². The zero-order valence-electron chi connectivity index (χ0n) is 11.8. The molecular formula is C14H18N4O2. The van der Waals surface area contributed by atoms with Gasteiger partial charge in [-0.05, 0) is 32.9 Å². The van der Waals surface area contributed by atoms with Gasteiger partial charge in [0.15, 0.2) is 0 Å². The fourth-order valence-corrected chi connectivity index (χ4v) is 1.56. The number of amides is 2. The molecule has 0 aliphatic carbocycles. The lowest BCUT2D eigenvalue weighted by atomic mass is 10.1. The average Bonchev–Trinajstić information content (AvgIpc) is 2.84. The SMILES string of the molecule is CC(C)(C)NC(=O)NCc1nnc(-c2ccccc2)o1. The van der Waals surface area contributed by atoms with Crippen molar-refractivity contribution in [1.29, 1.82) is 0 Å². The summed E-state index contributed by atoms with van der Waals surface area (Å²) >= 11 is 0. The number of urea groups is 1. The third kappa shape index (κ3) is 4.08. The fraction of sp³-hybridized carbons (Fsp3) is 0.357. The molecule has 1 aromatic heterocycles. The summed E-state index contributed by atoms with van der Waals surface area (Å²) in [4.78, 5) is 11.6. The molecule has 0 aliphatic rings. The summed E-state index contributed by atoms with van der Waals surface area (Å²) in [6.07, 6.45) is 0. The van der Waals surface area contributed by atoms with E-state index in [-0.39, 0.29) is 18.1 Å². The molecule has 6 heteroatoms. The van der Waals surface area contributed by atoms with Crippen molar-refractivity contribution < 1.29 is 9.21 Å². The van der Waals surface area contributed by atoms with Gasteiger partial charge < -0.3 is 15.1 Å². The number of hydrogen-bond acceptors (Lipinski definition) is 4. The Balaban J connectivity index is 1.92. The zero-order valence-corrected chi connectivity index (χ0v) is 11.8. The number of carbonyl (C=O) groups is 1. The predicted molar refractivity (Wildman–Crippen MR) is 74.9 cm³/mol. The van der Waals surface area contributed by atoms with E-state index in [1.807, 2.05) is 51.1 Å². The molecule has 0 bridgehead atoms. The molecule has 106 valence electrons. The van der Waals surface area contributed by atoms with E-state index >= 15 is 0 Å². The number of hydrogen-bond donors (Lipinski definition) is 2. The van der Waals surface area contributed by atoms with Crippen molar-refractivity contribution in [1.82, 2.24) is 20.8 Å². The molecule has 2 rings (SSSR count). The topological polar surface area (TPSA) is 80.0 Å². The summed E-state index contributed by atoms with van der Waals surface area (Å²) in [7, 11) is 0. The molecule has 2 aromatic rings. The third-order valence-corrected chi connectivity index (χ3v) is 2.38. The van der Waals surface area contributed by atoms with Gasteiger partial charge >= 0.3 is 6.03 Å². The van der Waals surface area contributed by atoms with Crippen molar-refractivity contribution in [2.75, 3.05) is 0 Å². The minimum atomic E-state index is -0.284. The molecule has 0 unspecified atom stereocenters. The Morgan fingerprint density at radius 2 is 1.90 bits per heavy atom. The van der Waals surface area contributed by atoms with Crippen LogP contribution in [0.2, 0.25) is 0 Å². The number of nitrogens with zero attached hydrogens (tertiary/aromatic N) is 2. The summed E-state index contributed by atoms with van der Waals surface area (Å²) < 4.78 is 5.49. The minimum Gasteiger partial charge on any atom is -0.419 e. The van der Waals surface area contributed by atoms with Crippen molar-refractivity contribution in [3.05, 3.63) is 36.2 Å². The van der Waals surface area contributed by atoms with Gasteiger partial charge in [0, 0.05) is 11.1 Å². The van der Waals surface area contributed by atoms with Gasteiger partial charge in [-0.25, -0.2) is 4.79 Å². The van der Waals surface area contributed by atoms with E-state index in [0.29, 0.717) is 11.8 Å². The highest BCUT2D eigenvalue weighted by Crippen LogP contribution is 2.16. The van der Waals surface area contributed by atoms with E-state index in [1.165, 1.54) is 0 Å². The molecular weight excluding hydrogens is 256 g/mol. The minimum absolute atomic E-state index is 0.196. The van der Waals surface area contributed by atoms with Crippen LogP contribution in [-0.2, 0) is 6.54 Å². The first-order valence-corrected chi connectivity index (χ1v) is 6.38. The first kappa shape index (κ1) is 14.0. The highest BCUT2D eigenvalue weighted by molar-refractivity contribution is 5.74. The summed E-state index contributed by atoms with van der Waals surface area (Å²) in [6.45, 7) is 5.92. The van der Waals surface area contributed by atoms with E-state index in [4.69, 9.17) is 4.42 Å². The zero-order chi connectivity index (χ0) is 14.6. The summed E-state index contributed by atoms with van der Waals surface area (Å²) in [5.41, 5.74) is 0.569. The summed E-state index contributed by atoms with van der Waals surface area (Å²) in [5.74, 6) is 0.812. The molecule has 1 aromatic carbocycles. The molecule has 0 radical (unpaired) electrons. The highest BCUT2D eigenvalue weighted by atomic mass is 16.4. The Morgan fingerprint density at radius 3 is 2.55 bits per heavy atom. The van der Waals surface area contributed by atoms with Crippen LogP contribution in [0.15, 0.2) is 34.7 Å². The van der Waals surface area contributed by atoms with Crippen LogP contribution in [0.4, 0.5) is 4.79 Å². The largest absolute Gasteiger partial charge is 0.419 e. The van der Waals surface area contributed by atoms with Crippen LogP contribution in [0.3, 0.4) is 0 Å². The van der Waals surface area contributed by atoms with E-state index in [1.54, 1.807) is 0 Å². The maximum absolute atomic E-state index is 11.6. The summed E-state index contributed by atoms with van der Waals surface area (Å²) in [5, 5.41) is 13.3. The quantitative estimate of drug-likeness (QED) is 0.900. The number of benzene rings is 1. The van der Waals surface area contributed by atoms with Gasteiger partial charge in [0.05, 0.1) is 6.54 Å². The molecule has 0 saturated carbocycles. The molecule has 20 heavy (non-hydrogen) atoms. The lowest BCUT2D eigenvalue weighted by Gasteiger charge is -2.20. The molecule has 0 atom stereocenters. The van der Waals surface area contributed by atoms with Gasteiger partial charge in [0.2, 0.25) is 11.8 Å². The first-order valence-electron chi connectivity index (χ1n) is 6.38. The van der Waals surface area contributed by atoms with Gasteiger partial charge in [-0.2, -0.15) is 0 Å². The van der Waals surface area contributed by atoms with E-state index in [9.17, 15) is 4.79 Å². The van der Waals surface area contributed by atoms with Gasteiger partial charge in [-0.1, -0.05) is 18.2 Å². The normalized spacial score (nSPS) is 11.2. The average molecular weight is 274 g/mol. The van der Waals surface area contributed by atoms with Crippen LogP contribution in [0.25, 0.3) is 11.5 Å². The summed E-state index contributed by atoms with van der Waals surface area (Å²) in [6, 6.07) is 9.22. The lowest BCUT2D eigenvalue weighted by Crippen LogP contribution is -2.46. The van der Waals surface area contributed by atoms with Gasteiger partial charge in [-0.3, -0.25) is 0 Å². The van der Waals surface area contributed by atoms with Gasteiger partial charge in [-0.15, -0.1) is 10.2 Å². The molecule has 2 amide bonds. The second-order valence-corrected chi connectivity index (χ2v) is 5.42. The Labute approximate surface area is 117 Å². The Kier molecular flexibility index (Phi) is 4.02. The highest BCUT2D eigenvalue weighted by Gasteiger charge is 2.14. The molecule has 0 saturated heterocycles. The number of nitrogens with one attached hydrogen (secondary N) is 2. The van der Waals surface area contributed by atoms with Crippen LogP contribution in [0.1, 0.15) is 26.7 Å². The lowest BCUT2D eigenvalue weighted by molar-refractivity contribution is 0.230. The maximum Gasteiger partial charge on any atom is 0.315 e. The number of carbonyl (C=O) groups excluding carboxylic acids is 1. The van der Waals surface area contributed by atoms with E-state index < -0.39 is 0 Å². The molecule has 1 heterocycles. The predicted octanol–water partition coefficient (Wildman–Crippen LogP) is 2.33. The number of rotatable bonds is 3. The second-order valence-electron chi connectivity index (χ2n) is 5.42. The van der Waals surface area contributed by atoms with Crippen molar-refractivity contribution in [2.24, 2.45) is 0 Å². The van der Waals surface area contributed by atoms with E-state index in [2.05, 4.69) is 20.8 Å². The molecule has 0 spiro atoms. The molecule has 0 fully saturated rings. The first-order chi connectivity index (χ1) is 9.44.